The van der Waals surface area contributed by atoms with E-state index in [0.29, 0.717) is 0 Å². The fourth-order valence-electron chi connectivity index (χ4n) is 2.42. The van der Waals surface area contributed by atoms with Crippen LogP contribution in [-0.2, 0) is 31.4 Å². The zero-order valence-electron chi connectivity index (χ0n) is 17.3. The molecule has 0 rings (SSSR count). The number of methoxy groups -OCH3 is 1. The molecule has 0 amide bonds. The molecule has 0 N–H and O–H groups in total. The minimum absolute atomic E-state index is 0. The maximum Gasteiger partial charge on any atom is 1.00 e. The summed E-state index contributed by atoms with van der Waals surface area (Å²) in [6.45, 7) is 5.41. The quantitative estimate of drug-likeness (QED) is 0.112. The van der Waals surface area contributed by atoms with Crippen molar-refractivity contribution in [3.8, 4) is 0 Å². The van der Waals surface area contributed by atoms with Crippen molar-refractivity contribution in [2.45, 2.75) is 96.8 Å². The minimum atomic E-state index is -0.914. The Morgan fingerprint density at radius 3 is 1.67 bits per heavy atom. The van der Waals surface area contributed by atoms with Gasteiger partial charge in [0, 0.05) is 12.0 Å². The molecule has 0 atom stereocenters. The molecule has 0 saturated heterocycles. The Bertz CT molecular complexity index is 367. The first kappa shape index (κ1) is 30.7. The average molecular weight is 431 g/mol. The fourth-order valence-corrected chi connectivity index (χ4v) is 2.42. The van der Waals surface area contributed by atoms with Gasteiger partial charge < -0.3 is 14.6 Å². The average Bonchev–Trinajstić information content (AvgIpc) is 2.64. The molecule has 162 valence electrons. The van der Waals surface area contributed by atoms with Crippen molar-refractivity contribution in [1.82, 2.24) is 0 Å². The Kier molecular flexibility index (Phi) is 30.8. The predicted molar refractivity (Wildman–Crippen MR) is 107 cm³/mol. The zero-order chi connectivity index (χ0) is 19.9. The molecule has 0 unspecified atom stereocenters. The van der Waals surface area contributed by atoms with Gasteiger partial charge in [-0.3, -0.25) is 0 Å². The van der Waals surface area contributed by atoms with Crippen LogP contribution in [0.5, 0.6) is 0 Å². The van der Waals surface area contributed by atoms with Gasteiger partial charge in [-0.05, 0) is 38.5 Å². The number of ether oxygens (including phenoxy) is 1. The van der Waals surface area contributed by atoms with Crippen LogP contribution in [-0.4, -0.2) is 19.0 Å². The Balaban J connectivity index is -0.000000709. The predicted octanol–water partition coefficient (Wildman–Crippen LogP) is 5.12. The van der Waals surface area contributed by atoms with Crippen LogP contribution in [0, 0.1) is 0 Å². The van der Waals surface area contributed by atoms with Gasteiger partial charge in [-0.15, -0.1) is 0 Å². The molecule has 0 radical (unpaired) electrons. The second-order valence-electron chi connectivity index (χ2n) is 6.43. The number of aliphatic carboxylic acids is 1. The van der Waals surface area contributed by atoms with Gasteiger partial charge in [0.2, 0.25) is 0 Å². The van der Waals surface area contributed by atoms with E-state index in [9.17, 15) is 14.7 Å². The van der Waals surface area contributed by atoms with E-state index in [2.05, 4.69) is 30.4 Å². The third kappa shape index (κ3) is 33.0. The van der Waals surface area contributed by atoms with Crippen LogP contribution in [0.25, 0.3) is 0 Å². The van der Waals surface area contributed by atoms with Gasteiger partial charge in [0.15, 0.2) is 0 Å². The first-order valence-electron chi connectivity index (χ1n) is 10.1. The molecule has 0 fully saturated rings. The molecule has 0 aromatic heterocycles. The number of unbranched alkanes of at least 4 members (excludes halogenated alkanes) is 11. The molecule has 4 nitrogen and oxygen atoms in total. The van der Waals surface area contributed by atoms with Gasteiger partial charge in [-0.2, -0.15) is 0 Å². The summed E-state index contributed by atoms with van der Waals surface area (Å²) in [5, 5.41) is 10.2. The van der Waals surface area contributed by atoms with Crippen LogP contribution in [0.4, 0.5) is 0 Å². The van der Waals surface area contributed by atoms with Gasteiger partial charge in [0.05, 0.1) is 7.11 Å². The summed E-state index contributed by atoms with van der Waals surface area (Å²) in [5.41, 5.74) is 0. The van der Waals surface area contributed by atoms with Crippen molar-refractivity contribution in [1.29, 1.82) is 0 Å². The summed E-state index contributed by atoms with van der Waals surface area (Å²) in [5.74, 6) is -1.31. The Labute approximate surface area is 177 Å². The molecule has 5 heteroatoms. The molecule has 0 aliphatic rings. The summed E-state index contributed by atoms with van der Waals surface area (Å²) >= 11 is 0. The molecule has 0 aromatic rings. The Morgan fingerprint density at radius 1 is 0.852 bits per heavy atom. The number of allylic oxidation sites excluding steroid dienone is 2. The van der Waals surface area contributed by atoms with E-state index >= 15 is 0 Å². The summed E-state index contributed by atoms with van der Waals surface area (Å²) in [4.78, 5) is 20.1. The smallest absolute Gasteiger partial charge is 0.550 e. The first-order chi connectivity index (χ1) is 12.6. The van der Waals surface area contributed by atoms with Crippen LogP contribution in [0.1, 0.15) is 96.8 Å². The maximum absolute atomic E-state index is 10.2. The van der Waals surface area contributed by atoms with Crippen molar-refractivity contribution in [3.63, 3.8) is 0 Å². The SMILES string of the molecule is C=CC(=O)OC.CCCCCCCC/C=C\CCCCCCCC(=O)[O-].[Cu+]. The van der Waals surface area contributed by atoms with Crippen molar-refractivity contribution in [2.75, 3.05) is 7.11 Å². The van der Waals surface area contributed by atoms with E-state index in [1.807, 2.05) is 0 Å². The third-order valence-corrected chi connectivity index (χ3v) is 4.01. The number of carbonyl (C=O) groups is 2. The largest absolute Gasteiger partial charge is 1.00 e. The van der Waals surface area contributed by atoms with E-state index in [0.717, 1.165) is 25.3 Å². The Morgan fingerprint density at radius 2 is 1.30 bits per heavy atom. The van der Waals surface area contributed by atoms with Gasteiger partial charge >= 0.3 is 23.0 Å². The van der Waals surface area contributed by atoms with Crippen molar-refractivity contribution in [3.05, 3.63) is 24.8 Å². The number of carboxylic acids is 1. The molecule has 0 heterocycles. The van der Waals surface area contributed by atoms with E-state index in [1.165, 1.54) is 71.3 Å². The first-order valence-corrected chi connectivity index (χ1v) is 10.1. The van der Waals surface area contributed by atoms with E-state index in [4.69, 9.17) is 0 Å². The van der Waals surface area contributed by atoms with E-state index < -0.39 is 11.9 Å². The molecular formula is C22H39CuO4. The molecule has 0 aliphatic heterocycles. The summed E-state index contributed by atoms with van der Waals surface area (Å²) in [6.07, 6.45) is 22.0. The molecule has 0 spiro atoms. The van der Waals surface area contributed by atoms with Crippen LogP contribution in [0.3, 0.4) is 0 Å². The molecular weight excluding hydrogens is 392 g/mol. The van der Waals surface area contributed by atoms with Gasteiger partial charge in [0.25, 0.3) is 0 Å². The summed E-state index contributed by atoms with van der Waals surface area (Å²) < 4.78 is 4.14. The van der Waals surface area contributed by atoms with Crippen molar-refractivity contribution >= 4 is 11.9 Å². The number of carbonyl (C=O) groups excluding carboxylic acids is 2. The zero-order valence-corrected chi connectivity index (χ0v) is 18.2. The molecule has 27 heavy (non-hydrogen) atoms. The van der Waals surface area contributed by atoms with Crippen LogP contribution in [0.2, 0.25) is 0 Å². The monoisotopic (exact) mass is 430 g/mol. The normalized spacial score (nSPS) is 9.85. The third-order valence-electron chi connectivity index (χ3n) is 4.01. The molecule has 0 saturated carbocycles. The molecule has 0 aliphatic carbocycles. The van der Waals surface area contributed by atoms with Gasteiger partial charge in [-0.25, -0.2) is 4.79 Å². The molecule has 0 aromatic carbocycles. The minimum Gasteiger partial charge on any atom is -0.550 e. The van der Waals surface area contributed by atoms with Crippen LogP contribution in [0.15, 0.2) is 24.8 Å². The fraction of sp³-hybridized carbons (Fsp3) is 0.727. The number of rotatable bonds is 16. The summed E-state index contributed by atoms with van der Waals surface area (Å²) in [6, 6.07) is 0. The van der Waals surface area contributed by atoms with Crippen molar-refractivity contribution in [2.24, 2.45) is 0 Å². The second-order valence-corrected chi connectivity index (χ2v) is 6.43. The number of esters is 1. The van der Waals surface area contributed by atoms with E-state index in [-0.39, 0.29) is 23.5 Å². The number of carboxylic acid groups (broad SMARTS) is 1. The second kappa shape index (κ2) is 27.2. The molecule has 0 bridgehead atoms. The van der Waals surface area contributed by atoms with Crippen LogP contribution < -0.4 is 5.11 Å². The van der Waals surface area contributed by atoms with E-state index in [1.54, 1.807) is 0 Å². The van der Waals surface area contributed by atoms with Gasteiger partial charge in [-0.1, -0.05) is 77.0 Å². The van der Waals surface area contributed by atoms with Crippen LogP contribution >= 0.6 is 0 Å². The maximum atomic E-state index is 10.2. The van der Waals surface area contributed by atoms with Crippen molar-refractivity contribution < 1.29 is 36.5 Å². The standard InChI is InChI=1S/C18H34O2.C4H6O2.Cu/c1-2-3-4-5-6-7-8-9-10-11-12-13-14-15-16-17-18(19)20;1-3-4(5)6-2;/h9-10H,2-8,11-17H2,1H3,(H,19,20);3H,1H2,2H3;/q;;+1/p-1/b10-9-;;. The topological polar surface area (TPSA) is 66.4 Å². The number of hydrogen-bond acceptors (Lipinski definition) is 4. The Hall–Kier alpha value is -1.06. The van der Waals surface area contributed by atoms with Gasteiger partial charge in [0.1, 0.15) is 0 Å². The number of hydrogen-bond donors (Lipinski definition) is 0. The summed E-state index contributed by atoms with van der Waals surface area (Å²) in [7, 11) is 1.31.